The molecule has 2 amide bonds. The Labute approximate surface area is 123 Å². The number of methoxy groups -OCH3 is 1. The standard InChI is InChI=1S/C15H18N2O4/c1-10-9-16-13(18)6-7-17(10)14(19)11-4-3-5-12(8-11)15(20)21-2/h3-5,8,10H,6-7,9H2,1-2H3,(H,16,18)/t10-/m1/s1. The Hall–Kier alpha value is -2.37. The molecule has 1 aliphatic heterocycles. The number of carbonyl (C=O) groups is 3. The summed E-state index contributed by atoms with van der Waals surface area (Å²) < 4.78 is 4.65. The topological polar surface area (TPSA) is 75.7 Å². The Morgan fingerprint density at radius 1 is 1.33 bits per heavy atom. The molecule has 0 aromatic heterocycles. The number of hydrogen-bond donors (Lipinski definition) is 1. The first-order valence-electron chi connectivity index (χ1n) is 6.79. The molecule has 1 heterocycles. The van der Waals surface area contributed by atoms with E-state index in [0.717, 1.165) is 0 Å². The van der Waals surface area contributed by atoms with E-state index in [4.69, 9.17) is 0 Å². The van der Waals surface area contributed by atoms with Crippen LogP contribution in [0.4, 0.5) is 0 Å². The van der Waals surface area contributed by atoms with E-state index < -0.39 is 5.97 Å². The molecule has 112 valence electrons. The van der Waals surface area contributed by atoms with E-state index in [9.17, 15) is 14.4 Å². The van der Waals surface area contributed by atoms with Crippen LogP contribution in [-0.2, 0) is 9.53 Å². The molecule has 0 saturated carbocycles. The first kappa shape index (κ1) is 15.0. The van der Waals surface area contributed by atoms with Crippen molar-refractivity contribution in [1.29, 1.82) is 0 Å². The van der Waals surface area contributed by atoms with E-state index >= 15 is 0 Å². The van der Waals surface area contributed by atoms with Crippen LogP contribution in [0.5, 0.6) is 0 Å². The molecule has 0 radical (unpaired) electrons. The number of amides is 2. The van der Waals surface area contributed by atoms with E-state index in [-0.39, 0.29) is 24.3 Å². The van der Waals surface area contributed by atoms with Gasteiger partial charge < -0.3 is 15.0 Å². The van der Waals surface area contributed by atoms with E-state index in [0.29, 0.717) is 24.2 Å². The van der Waals surface area contributed by atoms with Gasteiger partial charge in [-0.1, -0.05) is 6.07 Å². The van der Waals surface area contributed by atoms with Gasteiger partial charge in [0.05, 0.1) is 12.7 Å². The molecule has 2 rings (SSSR count). The van der Waals surface area contributed by atoms with E-state index in [1.807, 2.05) is 6.92 Å². The fourth-order valence-electron chi connectivity index (χ4n) is 2.27. The van der Waals surface area contributed by atoms with Crippen LogP contribution in [0.25, 0.3) is 0 Å². The first-order chi connectivity index (χ1) is 10.0. The average Bonchev–Trinajstić information content (AvgIpc) is 2.67. The van der Waals surface area contributed by atoms with Crippen molar-refractivity contribution in [3.05, 3.63) is 35.4 Å². The van der Waals surface area contributed by atoms with Gasteiger partial charge in [0, 0.05) is 31.1 Å². The normalized spacial score (nSPS) is 18.7. The van der Waals surface area contributed by atoms with Gasteiger partial charge in [-0.3, -0.25) is 9.59 Å². The van der Waals surface area contributed by atoms with Gasteiger partial charge in [-0.25, -0.2) is 4.79 Å². The maximum Gasteiger partial charge on any atom is 0.337 e. The second-order valence-corrected chi connectivity index (χ2v) is 4.97. The second kappa shape index (κ2) is 6.39. The molecule has 1 saturated heterocycles. The summed E-state index contributed by atoms with van der Waals surface area (Å²) in [6.07, 6.45) is 0.284. The molecule has 1 aromatic carbocycles. The summed E-state index contributed by atoms with van der Waals surface area (Å²) >= 11 is 0. The molecule has 1 N–H and O–H groups in total. The van der Waals surface area contributed by atoms with Crippen LogP contribution in [0.1, 0.15) is 34.1 Å². The summed E-state index contributed by atoms with van der Waals surface area (Å²) in [5.74, 6) is -0.726. The zero-order valence-electron chi connectivity index (χ0n) is 12.1. The molecule has 1 fully saturated rings. The second-order valence-electron chi connectivity index (χ2n) is 4.97. The summed E-state index contributed by atoms with van der Waals surface area (Å²) in [4.78, 5) is 37.1. The smallest absolute Gasteiger partial charge is 0.337 e. The predicted octanol–water partition coefficient (Wildman–Crippen LogP) is 0.824. The van der Waals surface area contributed by atoms with Gasteiger partial charge in [0.15, 0.2) is 0 Å². The van der Waals surface area contributed by atoms with Gasteiger partial charge in [-0.15, -0.1) is 0 Å². The average molecular weight is 290 g/mol. The molecule has 21 heavy (non-hydrogen) atoms. The van der Waals surface area contributed by atoms with Crippen LogP contribution in [0.3, 0.4) is 0 Å². The van der Waals surface area contributed by atoms with Crippen LogP contribution in [0.15, 0.2) is 24.3 Å². The van der Waals surface area contributed by atoms with Crippen molar-refractivity contribution in [2.24, 2.45) is 0 Å². The van der Waals surface area contributed by atoms with Crippen molar-refractivity contribution < 1.29 is 19.1 Å². The van der Waals surface area contributed by atoms with E-state index in [1.54, 1.807) is 23.1 Å². The summed E-state index contributed by atoms with van der Waals surface area (Å²) in [5, 5.41) is 2.76. The van der Waals surface area contributed by atoms with Crippen LogP contribution >= 0.6 is 0 Å². The predicted molar refractivity (Wildman–Crippen MR) is 75.9 cm³/mol. The lowest BCUT2D eigenvalue weighted by Crippen LogP contribution is -2.41. The third-order valence-electron chi connectivity index (χ3n) is 3.50. The van der Waals surface area contributed by atoms with Gasteiger partial charge in [-0.2, -0.15) is 0 Å². The van der Waals surface area contributed by atoms with Crippen molar-refractivity contribution in [1.82, 2.24) is 10.2 Å². The Morgan fingerprint density at radius 2 is 2.05 bits per heavy atom. The molecule has 0 bridgehead atoms. The highest BCUT2D eigenvalue weighted by Crippen LogP contribution is 2.13. The Morgan fingerprint density at radius 3 is 2.76 bits per heavy atom. The third kappa shape index (κ3) is 3.39. The molecule has 1 atom stereocenters. The van der Waals surface area contributed by atoms with Crippen LogP contribution in [0, 0.1) is 0 Å². The van der Waals surface area contributed by atoms with Crippen LogP contribution in [0.2, 0.25) is 0 Å². The van der Waals surface area contributed by atoms with Gasteiger partial charge in [0.2, 0.25) is 5.91 Å². The van der Waals surface area contributed by atoms with E-state index in [1.165, 1.54) is 13.2 Å². The molecular formula is C15H18N2O4. The first-order valence-corrected chi connectivity index (χ1v) is 6.79. The molecule has 0 spiro atoms. The van der Waals surface area contributed by atoms with Crippen LogP contribution < -0.4 is 5.32 Å². The fraction of sp³-hybridized carbons (Fsp3) is 0.400. The third-order valence-corrected chi connectivity index (χ3v) is 3.50. The molecule has 6 heteroatoms. The van der Waals surface area contributed by atoms with Crippen molar-refractivity contribution >= 4 is 17.8 Å². The quantitative estimate of drug-likeness (QED) is 0.818. The highest BCUT2D eigenvalue weighted by atomic mass is 16.5. The van der Waals surface area contributed by atoms with Gasteiger partial charge in [-0.05, 0) is 25.1 Å². The molecule has 0 unspecified atom stereocenters. The van der Waals surface area contributed by atoms with E-state index in [2.05, 4.69) is 10.1 Å². The Balaban J connectivity index is 2.22. The van der Waals surface area contributed by atoms with Gasteiger partial charge >= 0.3 is 5.97 Å². The zero-order valence-corrected chi connectivity index (χ0v) is 12.1. The molecule has 0 aliphatic carbocycles. The number of rotatable bonds is 2. The minimum atomic E-state index is -0.481. The number of nitrogens with zero attached hydrogens (tertiary/aromatic N) is 1. The number of esters is 1. The molecular weight excluding hydrogens is 272 g/mol. The lowest BCUT2D eigenvalue weighted by molar-refractivity contribution is -0.120. The summed E-state index contributed by atoms with van der Waals surface area (Å²) in [6.45, 7) is 2.68. The molecule has 1 aliphatic rings. The fourth-order valence-corrected chi connectivity index (χ4v) is 2.27. The van der Waals surface area contributed by atoms with Gasteiger partial charge in [0.25, 0.3) is 5.91 Å². The monoisotopic (exact) mass is 290 g/mol. The highest BCUT2D eigenvalue weighted by Gasteiger charge is 2.25. The maximum atomic E-state index is 12.6. The number of carbonyl (C=O) groups excluding carboxylic acids is 3. The SMILES string of the molecule is COC(=O)c1cccc(C(=O)N2CCC(=O)NC[C@H]2C)c1. The number of benzene rings is 1. The number of hydrogen-bond acceptors (Lipinski definition) is 4. The van der Waals surface area contributed by atoms with Crippen molar-refractivity contribution in [3.63, 3.8) is 0 Å². The molecule has 1 aromatic rings. The largest absolute Gasteiger partial charge is 0.465 e. The maximum absolute atomic E-state index is 12.6. The zero-order chi connectivity index (χ0) is 15.4. The van der Waals surface area contributed by atoms with Crippen molar-refractivity contribution in [2.75, 3.05) is 20.2 Å². The minimum absolute atomic E-state index is 0.0551. The summed E-state index contributed by atoms with van der Waals surface area (Å²) in [6, 6.07) is 6.32. The number of nitrogens with one attached hydrogen (secondary N) is 1. The number of ether oxygens (including phenoxy) is 1. The lowest BCUT2D eigenvalue weighted by Gasteiger charge is -2.26. The van der Waals surface area contributed by atoms with Gasteiger partial charge in [0.1, 0.15) is 0 Å². The van der Waals surface area contributed by atoms with Crippen molar-refractivity contribution in [3.8, 4) is 0 Å². The summed E-state index contributed by atoms with van der Waals surface area (Å²) in [5.41, 5.74) is 0.749. The lowest BCUT2D eigenvalue weighted by atomic mass is 10.1. The van der Waals surface area contributed by atoms with Crippen molar-refractivity contribution in [2.45, 2.75) is 19.4 Å². The Bertz CT molecular complexity index is 571. The van der Waals surface area contributed by atoms with Crippen LogP contribution in [-0.4, -0.2) is 48.9 Å². The molecule has 6 nitrogen and oxygen atoms in total. The minimum Gasteiger partial charge on any atom is -0.465 e. The Kier molecular flexibility index (Phi) is 4.57. The highest BCUT2D eigenvalue weighted by molar-refractivity contribution is 5.98. The summed E-state index contributed by atoms with van der Waals surface area (Å²) in [7, 11) is 1.30.